The second-order valence-electron chi connectivity index (χ2n) is 7.13. The molecule has 0 bridgehead atoms. The molecular weight excluding hydrogens is 403 g/mol. The second kappa shape index (κ2) is 8.97. The van der Waals surface area contributed by atoms with Crippen molar-refractivity contribution < 1.29 is 23.5 Å². The molecule has 0 unspecified atom stereocenters. The van der Waals surface area contributed by atoms with Crippen LogP contribution >= 0.6 is 0 Å². The monoisotopic (exact) mass is 424 g/mol. The summed E-state index contributed by atoms with van der Waals surface area (Å²) in [5, 5.41) is 5.03. The van der Waals surface area contributed by atoms with Crippen LogP contribution in [0.1, 0.15) is 5.56 Å². The lowest BCUT2D eigenvalue weighted by atomic mass is 10.1. The number of nitrogens with one attached hydrogen (secondary N) is 2. The molecule has 9 heteroatoms. The summed E-state index contributed by atoms with van der Waals surface area (Å²) >= 11 is 0. The predicted molar refractivity (Wildman–Crippen MR) is 113 cm³/mol. The van der Waals surface area contributed by atoms with Gasteiger partial charge in [0.25, 0.3) is 5.91 Å². The van der Waals surface area contributed by atoms with Gasteiger partial charge in [-0.25, -0.2) is 14.1 Å². The lowest BCUT2D eigenvalue weighted by molar-refractivity contribution is -0.127. The Bertz CT molecular complexity index is 1010. The highest BCUT2D eigenvalue weighted by Gasteiger charge is 2.34. The molecule has 0 radical (unpaired) electrons. The number of halogens is 1. The molecule has 2 saturated heterocycles. The van der Waals surface area contributed by atoms with Crippen molar-refractivity contribution in [1.29, 1.82) is 0 Å². The topological polar surface area (TPSA) is 91.0 Å². The van der Waals surface area contributed by atoms with Crippen molar-refractivity contribution in [2.75, 3.05) is 43.1 Å². The van der Waals surface area contributed by atoms with Crippen LogP contribution in [0.4, 0.5) is 20.6 Å². The van der Waals surface area contributed by atoms with Gasteiger partial charge in [0.2, 0.25) is 5.91 Å². The zero-order valence-electron chi connectivity index (χ0n) is 16.6. The van der Waals surface area contributed by atoms with Gasteiger partial charge >= 0.3 is 6.03 Å². The van der Waals surface area contributed by atoms with Crippen molar-refractivity contribution in [3.05, 3.63) is 65.6 Å². The molecule has 2 aromatic rings. The summed E-state index contributed by atoms with van der Waals surface area (Å²) < 4.78 is 18.3. The summed E-state index contributed by atoms with van der Waals surface area (Å²) in [6.45, 7) is 2.58. The summed E-state index contributed by atoms with van der Waals surface area (Å²) in [5.74, 6) is -1.58. The predicted octanol–water partition coefficient (Wildman–Crippen LogP) is 2.19. The van der Waals surface area contributed by atoms with Gasteiger partial charge in [0.05, 0.1) is 13.2 Å². The molecule has 0 atom stereocenters. The Morgan fingerprint density at radius 3 is 2.42 bits per heavy atom. The molecule has 4 amide bonds. The average Bonchev–Trinajstić information content (AvgIpc) is 3.04. The molecule has 2 aliphatic heterocycles. The third-order valence-corrected chi connectivity index (χ3v) is 4.97. The summed E-state index contributed by atoms with van der Waals surface area (Å²) in [4.78, 5) is 40.0. The first kappa shape index (κ1) is 20.5. The molecule has 4 rings (SSSR count). The number of carbonyl (C=O) groups excluding carboxylic acids is 3. The number of rotatable bonds is 5. The smallest absolute Gasteiger partial charge is 0.329 e. The Labute approximate surface area is 178 Å². The van der Waals surface area contributed by atoms with E-state index in [4.69, 9.17) is 4.74 Å². The van der Waals surface area contributed by atoms with Gasteiger partial charge in [-0.05, 0) is 48.0 Å². The zero-order valence-corrected chi connectivity index (χ0v) is 16.6. The van der Waals surface area contributed by atoms with E-state index < -0.39 is 30.2 Å². The van der Waals surface area contributed by atoms with Crippen LogP contribution in [-0.2, 0) is 14.3 Å². The first-order valence-electron chi connectivity index (χ1n) is 9.82. The number of morpholine rings is 1. The van der Waals surface area contributed by atoms with Crippen LogP contribution < -0.4 is 15.5 Å². The van der Waals surface area contributed by atoms with Gasteiger partial charge in [0.15, 0.2) is 0 Å². The van der Waals surface area contributed by atoms with Crippen LogP contribution in [0.25, 0.3) is 6.08 Å². The van der Waals surface area contributed by atoms with E-state index in [0.717, 1.165) is 29.2 Å². The van der Waals surface area contributed by atoms with Crippen molar-refractivity contribution in [2.24, 2.45) is 0 Å². The number of ether oxygens (including phenoxy) is 1. The number of carbonyl (C=O) groups is 3. The Kier molecular flexibility index (Phi) is 5.94. The van der Waals surface area contributed by atoms with Crippen molar-refractivity contribution in [3.8, 4) is 0 Å². The normalized spacial score (nSPS) is 17.8. The SMILES string of the molecule is O=C(CN1C(=O)N/C(=C\c2ccc(N3CCOCC3)cc2)C1=O)Nc1ccc(F)cc1. The molecule has 2 N–H and O–H groups in total. The molecule has 0 aliphatic carbocycles. The lowest BCUT2D eigenvalue weighted by Gasteiger charge is -2.28. The van der Waals surface area contributed by atoms with E-state index in [1.807, 2.05) is 24.3 Å². The number of hydrogen-bond donors (Lipinski definition) is 2. The first-order valence-corrected chi connectivity index (χ1v) is 9.82. The van der Waals surface area contributed by atoms with Gasteiger partial charge in [0.1, 0.15) is 18.1 Å². The van der Waals surface area contributed by atoms with E-state index in [9.17, 15) is 18.8 Å². The maximum absolute atomic E-state index is 13.0. The number of nitrogens with zero attached hydrogens (tertiary/aromatic N) is 2. The summed E-state index contributed by atoms with van der Waals surface area (Å²) in [7, 11) is 0. The first-order chi connectivity index (χ1) is 15.0. The van der Waals surface area contributed by atoms with E-state index in [-0.39, 0.29) is 5.70 Å². The quantitative estimate of drug-likeness (QED) is 0.567. The van der Waals surface area contributed by atoms with Crippen LogP contribution in [0.3, 0.4) is 0 Å². The van der Waals surface area contributed by atoms with Crippen LogP contribution in [0, 0.1) is 5.82 Å². The van der Waals surface area contributed by atoms with Gasteiger partial charge in [-0.3, -0.25) is 9.59 Å². The van der Waals surface area contributed by atoms with E-state index in [1.54, 1.807) is 6.08 Å². The fraction of sp³-hybridized carbons (Fsp3) is 0.227. The van der Waals surface area contributed by atoms with Gasteiger partial charge in [-0.15, -0.1) is 0 Å². The van der Waals surface area contributed by atoms with Crippen molar-refractivity contribution >= 4 is 35.3 Å². The van der Waals surface area contributed by atoms with Crippen LogP contribution in [0.5, 0.6) is 0 Å². The molecule has 2 heterocycles. The minimum Gasteiger partial charge on any atom is -0.378 e. The Hall–Kier alpha value is -3.72. The Morgan fingerprint density at radius 1 is 1.06 bits per heavy atom. The highest BCUT2D eigenvalue weighted by Crippen LogP contribution is 2.19. The summed E-state index contributed by atoms with van der Waals surface area (Å²) in [5.41, 5.74) is 2.28. The molecule has 0 spiro atoms. The summed E-state index contributed by atoms with van der Waals surface area (Å²) in [6.07, 6.45) is 1.57. The molecular formula is C22H21FN4O4. The average molecular weight is 424 g/mol. The number of amides is 4. The van der Waals surface area contributed by atoms with E-state index >= 15 is 0 Å². The fourth-order valence-electron chi connectivity index (χ4n) is 3.36. The summed E-state index contributed by atoms with van der Waals surface area (Å²) in [6, 6.07) is 12.1. The third-order valence-electron chi connectivity index (χ3n) is 4.97. The van der Waals surface area contributed by atoms with E-state index in [1.165, 1.54) is 24.3 Å². The number of anilines is 2. The van der Waals surface area contributed by atoms with E-state index in [0.29, 0.717) is 18.9 Å². The number of imide groups is 1. The maximum Gasteiger partial charge on any atom is 0.329 e. The molecule has 160 valence electrons. The van der Waals surface area contributed by atoms with Gasteiger partial charge < -0.3 is 20.3 Å². The second-order valence-corrected chi connectivity index (χ2v) is 7.13. The molecule has 2 fully saturated rings. The van der Waals surface area contributed by atoms with Crippen LogP contribution in [0.2, 0.25) is 0 Å². The van der Waals surface area contributed by atoms with Gasteiger partial charge in [-0.2, -0.15) is 0 Å². The molecule has 2 aliphatic rings. The minimum atomic E-state index is -0.671. The minimum absolute atomic E-state index is 0.0960. The molecule has 2 aromatic carbocycles. The highest BCUT2D eigenvalue weighted by molar-refractivity contribution is 6.15. The maximum atomic E-state index is 13.0. The standard InChI is InChI=1S/C22H21FN4O4/c23-16-3-5-17(6-4-16)24-20(28)14-27-21(29)19(25-22(27)30)13-15-1-7-18(8-2-15)26-9-11-31-12-10-26/h1-8,13H,9-12,14H2,(H,24,28)(H,25,30)/b19-13-. The van der Waals surface area contributed by atoms with Gasteiger partial charge in [0, 0.05) is 24.5 Å². The highest BCUT2D eigenvalue weighted by atomic mass is 19.1. The Morgan fingerprint density at radius 2 is 1.74 bits per heavy atom. The van der Waals surface area contributed by atoms with Crippen LogP contribution in [0.15, 0.2) is 54.2 Å². The van der Waals surface area contributed by atoms with Crippen molar-refractivity contribution in [3.63, 3.8) is 0 Å². The fourth-order valence-corrected chi connectivity index (χ4v) is 3.36. The largest absolute Gasteiger partial charge is 0.378 e. The zero-order chi connectivity index (χ0) is 21.8. The van der Waals surface area contributed by atoms with Gasteiger partial charge in [-0.1, -0.05) is 12.1 Å². The van der Waals surface area contributed by atoms with Crippen molar-refractivity contribution in [1.82, 2.24) is 10.2 Å². The third kappa shape index (κ3) is 4.89. The number of hydrogen-bond acceptors (Lipinski definition) is 5. The Balaban J connectivity index is 1.39. The number of urea groups is 1. The van der Waals surface area contributed by atoms with E-state index in [2.05, 4.69) is 15.5 Å². The molecule has 0 saturated carbocycles. The lowest BCUT2D eigenvalue weighted by Crippen LogP contribution is -2.38. The molecule has 0 aromatic heterocycles. The molecule has 8 nitrogen and oxygen atoms in total. The molecule has 31 heavy (non-hydrogen) atoms. The number of benzene rings is 2. The van der Waals surface area contributed by atoms with Crippen molar-refractivity contribution in [2.45, 2.75) is 0 Å². The van der Waals surface area contributed by atoms with Crippen LogP contribution in [-0.4, -0.2) is 55.6 Å².